The number of hydrogen-bond donors (Lipinski definition) is 1. The summed E-state index contributed by atoms with van der Waals surface area (Å²) < 4.78 is 1.51. The highest BCUT2D eigenvalue weighted by Gasteiger charge is 2.16. The van der Waals surface area contributed by atoms with Crippen LogP contribution in [-0.2, 0) is 0 Å². The van der Waals surface area contributed by atoms with Crippen LogP contribution in [0.2, 0.25) is 15.1 Å². The van der Waals surface area contributed by atoms with Crippen molar-refractivity contribution in [2.24, 2.45) is 0 Å². The first-order chi connectivity index (χ1) is 13.1. The molecule has 1 aromatic carbocycles. The second-order valence-corrected chi connectivity index (χ2v) is 6.63. The number of aromatic nitrogens is 5. The number of nitrogens with zero attached hydrogens (tertiary/aromatic N) is 6. The van der Waals surface area contributed by atoms with Crippen molar-refractivity contribution in [2.75, 3.05) is 5.32 Å². The van der Waals surface area contributed by atoms with Gasteiger partial charge in [-0.05, 0) is 18.2 Å². The van der Waals surface area contributed by atoms with Gasteiger partial charge in [0.05, 0.1) is 38.3 Å². The van der Waals surface area contributed by atoms with Crippen LogP contribution in [0.15, 0.2) is 43.1 Å². The molecule has 0 saturated carbocycles. The van der Waals surface area contributed by atoms with E-state index in [9.17, 15) is 0 Å². The average molecular weight is 417 g/mol. The minimum Gasteiger partial charge on any atom is -0.324 e. The number of halogens is 3. The molecule has 0 spiro atoms. The second-order valence-electron chi connectivity index (χ2n) is 5.41. The molecule has 0 aliphatic carbocycles. The van der Waals surface area contributed by atoms with E-state index in [-0.39, 0.29) is 0 Å². The third-order valence-electron chi connectivity index (χ3n) is 3.71. The van der Waals surface area contributed by atoms with Gasteiger partial charge in [-0.15, -0.1) is 0 Å². The lowest BCUT2D eigenvalue weighted by Gasteiger charge is -2.07. The first-order valence-electron chi connectivity index (χ1n) is 7.53. The van der Waals surface area contributed by atoms with Crippen molar-refractivity contribution in [1.29, 1.82) is 5.26 Å². The van der Waals surface area contributed by atoms with E-state index >= 15 is 0 Å². The summed E-state index contributed by atoms with van der Waals surface area (Å²) in [4.78, 5) is 12.3. The Hall–Kier alpha value is -2.92. The van der Waals surface area contributed by atoms with Crippen molar-refractivity contribution in [3.63, 3.8) is 0 Å². The number of anilines is 2. The van der Waals surface area contributed by atoms with Crippen LogP contribution in [0, 0.1) is 11.3 Å². The van der Waals surface area contributed by atoms with Gasteiger partial charge in [-0.25, -0.2) is 19.6 Å². The number of nitrogens with one attached hydrogen (secondary N) is 1. The van der Waals surface area contributed by atoms with Crippen molar-refractivity contribution >= 4 is 57.3 Å². The molecule has 3 heterocycles. The van der Waals surface area contributed by atoms with Crippen molar-refractivity contribution in [1.82, 2.24) is 24.7 Å². The molecule has 0 saturated heterocycles. The summed E-state index contributed by atoms with van der Waals surface area (Å²) >= 11 is 18.9. The largest absolute Gasteiger partial charge is 0.324 e. The molecule has 10 heteroatoms. The summed E-state index contributed by atoms with van der Waals surface area (Å²) in [6, 6.07) is 6.76. The summed E-state index contributed by atoms with van der Waals surface area (Å²) in [6.45, 7) is 0. The van der Waals surface area contributed by atoms with Crippen LogP contribution in [0.3, 0.4) is 0 Å². The molecule has 4 rings (SSSR count). The van der Waals surface area contributed by atoms with Crippen LogP contribution in [-0.4, -0.2) is 24.7 Å². The molecule has 0 fully saturated rings. The van der Waals surface area contributed by atoms with Gasteiger partial charge in [0, 0.05) is 12.4 Å². The maximum absolute atomic E-state index is 9.04. The lowest BCUT2D eigenvalue weighted by molar-refractivity contribution is 0.896. The minimum atomic E-state index is 0.293. The molecule has 27 heavy (non-hydrogen) atoms. The van der Waals surface area contributed by atoms with Crippen molar-refractivity contribution in [3.8, 4) is 11.8 Å². The van der Waals surface area contributed by atoms with E-state index in [1.807, 2.05) is 6.07 Å². The first-order valence-corrected chi connectivity index (χ1v) is 8.66. The fourth-order valence-electron chi connectivity index (χ4n) is 2.52. The van der Waals surface area contributed by atoms with E-state index in [2.05, 4.69) is 25.4 Å². The van der Waals surface area contributed by atoms with Gasteiger partial charge in [0.15, 0.2) is 0 Å². The Morgan fingerprint density at radius 1 is 1.07 bits per heavy atom. The second kappa shape index (κ2) is 7.00. The Kier molecular flexibility index (Phi) is 4.54. The fraction of sp³-hybridized carbons (Fsp3) is 0. The van der Waals surface area contributed by atoms with E-state index in [0.29, 0.717) is 48.9 Å². The SMILES string of the molecule is N#Cc1cc(Cl)c(-n2cc3c(Nc4ccncn4)ncc(Cl)c3n2)c(Cl)c1. The molecule has 0 amide bonds. The van der Waals surface area contributed by atoms with E-state index in [0.717, 1.165) is 0 Å². The molecule has 0 atom stereocenters. The molecule has 0 aliphatic heterocycles. The molecule has 0 radical (unpaired) electrons. The van der Waals surface area contributed by atoms with E-state index in [1.54, 1.807) is 18.5 Å². The molecule has 7 nitrogen and oxygen atoms in total. The zero-order valence-electron chi connectivity index (χ0n) is 13.4. The number of rotatable bonds is 3. The molecule has 0 bridgehead atoms. The van der Waals surface area contributed by atoms with Crippen molar-refractivity contribution in [2.45, 2.75) is 0 Å². The maximum Gasteiger partial charge on any atom is 0.142 e. The Bertz CT molecular complexity index is 1180. The van der Waals surface area contributed by atoms with Gasteiger partial charge in [0.2, 0.25) is 0 Å². The van der Waals surface area contributed by atoms with Crippen LogP contribution in [0.1, 0.15) is 5.56 Å². The van der Waals surface area contributed by atoms with E-state index in [1.165, 1.54) is 29.3 Å². The van der Waals surface area contributed by atoms with Gasteiger partial charge in [-0.1, -0.05) is 34.8 Å². The number of fused-ring (bicyclic) bond motifs is 1. The third-order valence-corrected chi connectivity index (χ3v) is 4.56. The lowest BCUT2D eigenvalue weighted by Crippen LogP contribution is -1.97. The van der Waals surface area contributed by atoms with Crippen molar-refractivity contribution < 1.29 is 0 Å². The quantitative estimate of drug-likeness (QED) is 0.516. The first kappa shape index (κ1) is 17.5. The molecule has 0 aliphatic rings. The lowest BCUT2D eigenvalue weighted by atomic mass is 10.2. The Balaban J connectivity index is 1.87. The van der Waals surface area contributed by atoms with Crippen LogP contribution in [0.25, 0.3) is 16.6 Å². The van der Waals surface area contributed by atoms with E-state index < -0.39 is 0 Å². The molecule has 4 aromatic rings. The summed E-state index contributed by atoms with van der Waals surface area (Å²) in [6.07, 6.45) is 6.24. The van der Waals surface area contributed by atoms with Gasteiger partial charge in [0.25, 0.3) is 0 Å². The highest BCUT2D eigenvalue weighted by atomic mass is 35.5. The Morgan fingerprint density at radius 2 is 1.85 bits per heavy atom. The Labute approximate surface area is 168 Å². The van der Waals surface area contributed by atoms with Gasteiger partial charge < -0.3 is 5.32 Å². The maximum atomic E-state index is 9.04. The number of hydrogen-bond acceptors (Lipinski definition) is 6. The zero-order valence-corrected chi connectivity index (χ0v) is 15.6. The molecule has 3 aromatic heterocycles. The molecular formula is C17H8Cl3N7. The molecule has 0 unspecified atom stereocenters. The number of benzene rings is 1. The summed E-state index contributed by atoms with van der Waals surface area (Å²) in [5.74, 6) is 1.09. The Morgan fingerprint density at radius 3 is 2.52 bits per heavy atom. The van der Waals surface area contributed by atoms with Crippen LogP contribution in [0.5, 0.6) is 0 Å². The van der Waals surface area contributed by atoms with E-state index in [4.69, 9.17) is 40.1 Å². The fourth-order valence-corrected chi connectivity index (χ4v) is 3.37. The number of pyridine rings is 1. The standard InChI is InChI=1S/C17H8Cl3N7/c18-11-3-9(5-21)4-12(19)16(11)27-7-10-15(26-27)13(20)6-23-17(10)25-14-1-2-22-8-24-14/h1-4,6-8H,(H,22,23,24,25). The smallest absolute Gasteiger partial charge is 0.142 e. The highest BCUT2D eigenvalue weighted by molar-refractivity contribution is 6.38. The van der Waals surface area contributed by atoms with Gasteiger partial charge in [-0.3, -0.25) is 0 Å². The normalized spacial score (nSPS) is 10.7. The molecule has 132 valence electrons. The van der Waals surface area contributed by atoms with Crippen LogP contribution >= 0.6 is 34.8 Å². The number of nitriles is 1. The predicted molar refractivity (Wildman–Crippen MR) is 104 cm³/mol. The monoisotopic (exact) mass is 415 g/mol. The zero-order chi connectivity index (χ0) is 19.0. The minimum absolute atomic E-state index is 0.293. The third kappa shape index (κ3) is 3.26. The summed E-state index contributed by atoms with van der Waals surface area (Å²) in [7, 11) is 0. The summed E-state index contributed by atoms with van der Waals surface area (Å²) in [5, 5.41) is 18.2. The van der Waals surface area contributed by atoms with Crippen LogP contribution < -0.4 is 5.32 Å². The predicted octanol–water partition coefficient (Wildman–Crippen LogP) is 4.79. The van der Waals surface area contributed by atoms with Crippen molar-refractivity contribution in [3.05, 3.63) is 63.7 Å². The molecule has 1 N–H and O–H groups in total. The van der Waals surface area contributed by atoms with Gasteiger partial charge >= 0.3 is 0 Å². The molecular weight excluding hydrogens is 409 g/mol. The topological polar surface area (TPSA) is 92.3 Å². The summed E-state index contributed by atoms with van der Waals surface area (Å²) in [5.41, 5.74) is 1.31. The van der Waals surface area contributed by atoms with Gasteiger partial charge in [-0.2, -0.15) is 10.4 Å². The average Bonchev–Trinajstić information content (AvgIpc) is 3.10. The highest BCUT2D eigenvalue weighted by Crippen LogP contribution is 2.34. The van der Waals surface area contributed by atoms with Gasteiger partial charge in [0.1, 0.15) is 29.2 Å². The van der Waals surface area contributed by atoms with Crippen LogP contribution in [0.4, 0.5) is 11.6 Å².